The molecule has 0 amide bonds. The van der Waals surface area contributed by atoms with Crippen molar-refractivity contribution in [3.05, 3.63) is 77.0 Å². The minimum absolute atomic E-state index is 0. The first-order valence-corrected chi connectivity index (χ1v) is 16.4. The van der Waals surface area contributed by atoms with Crippen LogP contribution in [0.25, 0.3) is 0 Å². The third kappa shape index (κ3) is 14.0. The van der Waals surface area contributed by atoms with Gasteiger partial charge in [-0.05, 0) is 38.8 Å². The molecule has 13 heteroatoms. The highest BCUT2D eigenvalue weighted by Gasteiger charge is 2.44. The van der Waals surface area contributed by atoms with Crippen molar-refractivity contribution in [3.63, 3.8) is 0 Å². The minimum atomic E-state index is -1.06. The zero-order valence-corrected chi connectivity index (χ0v) is 29.4. The molecule has 2 aliphatic rings. The van der Waals surface area contributed by atoms with Crippen LogP contribution in [0, 0.1) is 41.7 Å². The highest BCUT2D eigenvalue weighted by Crippen LogP contribution is 2.35. The van der Waals surface area contributed by atoms with Crippen LogP contribution in [0.1, 0.15) is 53.7 Å². The molecule has 0 bridgehead atoms. The maximum atomic E-state index is 11.8. The highest BCUT2D eigenvalue weighted by molar-refractivity contribution is 7.41. The van der Waals surface area contributed by atoms with E-state index in [-0.39, 0.29) is 38.5 Å². The maximum absolute atomic E-state index is 11.8. The summed E-state index contributed by atoms with van der Waals surface area (Å²) in [7, 11) is 3.57. The molecule has 4 rings (SSSR count). The summed E-state index contributed by atoms with van der Waals surface area (Å²) in [5, 5.41) is 36.1. The van der Waals surface area contributed by atoms with Crippen molar-refractivity contribution < 1.29 is 47.8 Å². The molecule has 2 N–H and O–H groups in total. The van der Waals surface area contributed by atoms with E-state index in [1.165, 1.54) is 0 Å². The fraction of sp³-hybridized carbons (Fsp3) is 0.514. The van der Waals surface area contributed by atoms with E-state index in [0.717, 1.165) is 11.1 Å². The van der Waals surface area contributed by atoms with Gasteiger partial charge in [-0.1, -0.05) is 86.6 Å². The fourth-order valence-electron chi connectivity index (χ4n) is 4.52. The number of aliphatic hydroxyl groups excluding tert-OH is 2. The lowest BCUT2D eigenvalue weighted by Crippen LogP contribution is -2.39. The number of aliphatic hydroxyl groups is 2. The Morgan fingerprint density at radius 1 is 0.780 bits per heavy atom. The second-order valence-electron chi connectivity index (χ2n) is 10.8. The number of benzene rings is 2. The molecule has 0 saturated heterocycles. The van der Waals surface area contributed by atoms with Gasteiger partial charge >= 0.3 is 8.60 Å². The first-order valence-electron chi connectivity index (χ1n) is 15.3. The molecule has 2 heterocycles. The fourth-order valence-corrected chi connectivity index (χ4v) is 4.96. The third-order valence-electron chi connectivity index (χ3n) is 7.41. The standard InChI is InChI=1S/C16H19NO4.C16H19NO3.C3H9O3P.2CH4/c1-4-11(2)16-15(18)14(17(19)21-16)12(3)20-10-13-8-6-5-7-9-13;1-4-11(2)16-15(18)14(17-20-16)12(3)19-10-13-8-6-5-7-9-13;1-4-7(5-2)6-3;;/h1,5-9,11-12,15-16,18H,10H2,2-3H3;1,5-9,11-12,15-16,18H,10H2,2-3H3;1-3H3;2*1H4/t2*11-,12-,15-,16-;;;/m11.../s1. The Morgan fingerprint density at radius 3 is 1.64 bits per heavy atom. The Labute approximate surface area is 299 Å². The van der Waals surface area contributed by atoms with Crippen LogP contribution in [0.4, 0.5) is 0 Å². The molecule has 2 aromatic rings. The van der Waals surface area contributed by atoms with Crippen molar-refractivity contribution in [2.45, 2.75) is 92.4 Å². The Morgan fingerprint density at radius 2 is 1.22 bits per heavy atom. The van der Waals surface area contributed by atoms with Gasteiger partial charge in [-0.25, -0.2) is 0 Å². The average Bonchev–Trinajstić information content (AvgIpc) is 3.65. The Balaban J connectivity index is 0.000000783. The second-order valence-corrected chi connectivity index (χ2v) is 12.3. The molecule has 0 aromatic heterocycles. The van der Waals surface area contributed by atoms with E-state index in [1.54, 1.807) is 35.2 Å². The zero-order valence-electron chi connectivity index (χ0n) is 28.5. The van der Waals surface area contributed by atoms with Crippen molar-refractivity contribution in [2.24, 2.45) is 17.0 Å². The van der Waals surface area contributed by atoms with Crippen LogP contribution >= 0.6 is 8.60 Å². The molecule has 0 radical (unpaired) electrons. The molecule has 2 aliphatic heterocycles. The number of oxime groups is 1. The molecule has 50 heavy (non-hydrogen) atoms. The number of nitrogens with zero attached hydrogens (tertiary/aromatic N) is 2. The van der Waals surface area contributed by atoms with Crippen LogP contribution in [-0.2, 0) is 45.9 Å². The third-order valence-corrected chi connectivity index (χ3v) is 8.31. The van der Waals surface area contributed by atoms with Gasteiger partial charge in [0, 0.05) is 32.1 Å². The molecule has 278 valence electrons. The van der Waals surface area contributed by atoms with Gasteiger partial charge in [-0.15, -0.1) is 18.8 Å². The molecule has 8 atom stereocenters. The second kappa shape index (κ2) is 24.6. The van der Waals surface area contributed by atoms with E-state index in [1.807, 2.05) is 74.5 Å². The first-order chi connectivity index (χ1) is 23.0. The van der Waals surface area contributed by atoms with E-state index in [0.29, 0.717) is 23.8 Å². The van der Waals surface area contributed by atoms with Gasteiger partial charge in [0.15, 0.2) is 12.2 Å². The average molecular weight is 719 g/mol. The van der Waals surface area contributed by atoms with E-state index in [4.69, 9.17) is 32.0 Å². The van der Waals surface area contributed by atoms with Crippen LogP contribution in [0.2, 0.25) is 0 Å². The largest absolute Gasteiger partial charge is 0.395 e. The Hall–Kier alpha value is -3.55. The number of ether oxygens (including phenoxy) is 2. The molecular weight excluding hydrogens is 663 g/mol. The van der Waals surface area contributed by atoms with E-state index < -0.39 is 39.1 Å². The SMILES string of the molecule is C.C.C#C[C@@H](C)[C@H]1ON=C([C@@H](C)OCc2ccccc2)[C@H]1O.C#C[C@@H](C)[C@H]1O[N+]([O-])=C([C@@H](C)OCc2ccccc2)[C@H]1O.COP(OC)OC. The number of terminal acetylenes is 2. The zero-order chi connectivity index (χ0) is 35.6. The summed E-state index contributed by atoms with van der Waals surface area (Å²) in [6, 6.07) is 19.4. The molecule has 0 aliphatic carbocycles. The highest BCUT2D eigenvalue weighted by atomic mass is 31.2. The van der Waals surface area contributed by atoms with Gasteiger partial charge in [0.05, 0.1) is 25.2 Å². The van der Waals surface area contributed by atoms with Gasteiger partial charge in [-0.2, -0.15) is 0 Å². The summed E-state index contributed by atoms with van der Waals surface area (Å²) in [4.78, 5) is 10.6. The van der Waals surface area contributed by atoms with Crippen molar-refractivity contribution in [1.82, 2.24) is 0 Å². The molecule has 0 spiro atoms. The number of rotatable bonds is 13. The molecule has 0 unspecified atom stereocenters. The number of hydrogen-bond acceptors (Lipinski definition) is 11. The van der Waals surface area contributed by atoms with Crippen LogP contribution in [-0.4, -0.2) is 84.5 Å². The molecule has 0 fully saturated rings. The predicted molar refractivity (Wildman–Crippen MR) is 197 cm³/mol. The lowest BCUT2D eigenvalue weighted by atomic mass is 9.96. The van der Waals surface area contributed by atoms with Crippen LogP contribution in [0.15, 0.2) is 65.8 Å². The van der Waals surface area contributed by atoms with Crippen LogP contribution in [0.5, 0.6) is 0 Å². The molecular formula is C37H55N2O10P. The summed E-state index contributed by atoms with van der Waals surface area (Å²) >= 11 is 0. The lowest BCUT2D eigenvalue weighted by molar-refractivity contribution is -0.743. The van der Waals surface area contributed by atoms with Gasteiger partial charge in [0.1, 0.15) is 24.0 Å². The van der Waals surface area contributed by atoms with Gasteiger partial charge in [-0.3, -0.25) is 5.21 Å². The maximum Gasteiger partial charge on any atom is 0.331 e. The minimum Gasteiger partial charge on any atom is -0.395 e. The summed E-state index contributed by atoms with van der Waals surface area (Å²) in [6.45, 7) is 7.91. The topological polar surface area (TPSA) is 144 Å². The Bertz CT molecular complexity index is 1360. The van der Waals surface area contributed by atoms with Crippen molar-refractivity contribution in [2.75, 3.05) is 21.3 Å². The quantitative estimate of drug-likeness (QED) is 0.146. The van der Waals surface area contributed by atoms with Crippen molar-refractivity contribution in [1.29, 1.82) is 0 Å². The van der Waals surface area contributed by atoms with Gasteiger partial charge < -0.3 is 42.9 Å². The van der Waals surface area contributed by atoms with Gasteiger partial charge in [0.25, 0.3) is 5.71 Å². The molecule has 12 nitrogen and oxygen atoms in total. The Kier molecular flexibility index (Phi) is 22.8. The number of hydrogen-bond donors (Lipinski definition) is 2. The summed E-state index contributed by atoms with van der Waals surface area (Å²) in [5.74, 6) is 4.46. The van der Waals surface area contributed by atoms with E-state index in [9.17, 15) is 15.4 Å². The normalized spacial score (nSPS) is 21.4. The van der Waals surface area contributed by atoms with Crippen molar-refractivity contribution in [3.8, 4) is 24.7 Å². The van der Waals surface area contributed by atoms with Crippen LogP contribution < -0.4 is 0 Å². The summed E-state index contributed by atoms with van der Waals surface area (Å²) in [6.07, 6.45) is 6.69. The van der Waals surface area contributed by atoms with Crippen molar-refractivity contribution >= 4 is 20.0 Å². The van der Waals surface area contributed by atoms with Crippen LogP contribution in [0.3, 0.4) is 0 Å². The van der Waals surface area contributed by atoms with Gasteiger partial charge in [0.2, 0.25) is 0 Å². The first kappa shape index (κ1) is 46.5. The smallest absolute Gasteiger partial charge is 0.331 e. The molecule has 2 aromatic carbocycles. The van der Waals surface area contributed by atoms with E-state index in [2.05, 4.69) is 30.6 Å². The summed E-state index contributed by atoms with van der Waals surface area (Å²) < 4.78 is 25.4. The molecule has 0 saturated carbocycles. The monoisotopic (exact) mass is 718 g/mol. The summed E-state index contributed by atoms with van der Waals surface area (Å²) in [5.41, 5.74) is 2.71. The van der Waals surface area contributed by atoms with E-state index >= 15 is 0 Å². The lowest BCUT2D eigenvalue weighted by Gasteiger charge is -2.19. The predicted octanol–water partition coefficient (Wildman–Crippen LogP) is 5.89.